The van der Waals surface area contributed by atoms with Crippen molar-refractivity contribution in [2.75, 3.05) is 7.11 Å². The molecule has 2 rings (SSSR count). The van der Waals surface area contributed by atoms with Gasteiger partial charge < -0.3 is 4.74 Å². The van der Waals surface area contributed by atoms with Crippen molar-refractivity contribution in [3.8, 4) is 0 Å². The number of methoxy groups -OCH3 is 1. The van der Waals surface area contributed by atoms with E-state index in [1.54, 1.807) is 7.11 Å². The van der Waals surface area contributed by atoms with Gasteiger partial charge in [0.15, 0.2) is 0 Å². The van der Waals surface area contributed by atoms with Crippen LogP contribution < -0.4 is 0 Å². The summed E-state index contributed by atoms with van der Waals surface area (Å²) in [6.07, 6.45) is 13.5. The number of hydrogen-bond acceptors (Lipinski definition) is 1. The van der Waals surface area contributed by atoms with Crippen LogP contribution in [-0.2, 0) is 4.74 Å². The summed E-state index contributed by atoms with van der Waals surface area (Å²) in [5.41, 5.74) is 4.90. The molecule has 0 unspecified atom stereocenters. The number of hydrogen-bond donors (Lipinski definition) is 0. The second-order valence-corrected chi connectivity index (χ2v) is 4.06. The van der Waals surface area contributed by atoms with Gasteiger partial charge in [-0.25, -0.2) is 0 Å². The predicted octanol–water partition coefficient (Wildman–Crippen LogP) is 3.85. The standard InChI is InChI=1S/C15H16O/c1-4-14-9-13-7-11(2)5-6-12(8-13)10-15(14)16-3/h4-7,9-10H,1,8H2,2-3H3. The molecule has 0 N–H and O–H groups in total. The maximum atomic E-state index is 5.38. The Bertz CT molecular complexity index is 468. The highest BCUT2D eigenvalue weighted by Gasteiger charge is 2.10. The van der Waals surface area contributed by atoms with Crippen molar-refractivity contribution >= 4 is 0 Å². The number of ether oxygens (including phenoxy) is 1. The summed E-state index contributed by atoms with van der Waals surface area (Å²) in [5, 5.41) is 0. The van der Waals surface area contributed by atoms with Gasteiger partial charge in [0.2, 0.25) is 0 Å². The molecule has 0 aromatic carbocycles. The van der Waals surface area contributed by atoms with Gasteiger partial charge in [-0.1, -0.05) is 36.5 Å². The van der Waals surface area contributed by atoms with E-state index in [1.165, 1.54) is 16.7 Å². The fourth-order valence-corrected chi connectivity index (χ4v) is 1.98. The summed E-state index contributed by atoms with van der Waals surface area (Å²) < 4.78 is 5.38. The van der Waals surface area contributed by atoms with E-state index >= 15 is 0 Å². The molecular weight excluding hydrogens is 196 g/mol. The maximum Gasteiger partial charge on any atom is 0.126 e. The number of allylic oxidation sites excluding steroid dienone is 10. The molecule has 0 spiro atoms. The minimum atomic E-state index is 0.887. The molecule has 0 aromatic rings. The molecule has 82 valence electrons. The Balaban J connectivity index is 2.58. The molecule has 0 radical (unpaired) electrons. The summed E-state index contributed by atoms with van der Waals surface area (Å²) in [4.78, 5) is 0. The summed E-state index contributed by atoms with van der Waals surface area (Å²) in [7, 11) is 1.70. The minimum Gasteiger partial charge on any atom is -0.496 e. The van der Waals surface area contributed by atoms with E-state index in [9.17, 15) is 0 Å². The van der Waals surface area contributed by atoms with Gasteiger partial charge in [-0.3, -0.25) is 0 Å². The smallest absolute Gasteiger partial charge is 0.126 e. The van der Waals surface area contributed by atoms with Crippen molar-refractivity contribution in [2.24, 2.45) is 0 Å². The van der Waals surface area contributed by atoms with E-state index < -0.39 is 0 Å². The van der Waals surface area contributed by atoms with E-state index in [1.807, 2.05) is 6.08 Å². The third-order valence-electron chi connectivity index (χ3n) is 2.76. The molecule has 1 nitrogen and oxygen atoms in total. The lowest BCUT2D eigenvalue weighted by Crippen LogP contribution is -1.87. The first-order chi connectivity index (χ1) is 7.72. The average molecular weight is 212 g/mol. The lowest BCUT2D eigenvalue weighted by Gasteiger charge is -2.03. The Kier molecular flexibility index (Phi) is 2.95. The Morgan fingerprint density at radius 2 is 2.00 bits per heavy atom. The van der Waals surface area contributed by atoms with Gasteiger partial charge in [0.25, 0.3) is 0 Å². The molecule has 0 fully saturated rings. The fourth-order valence-electron chi connectivity index (χ4n) is 1.98. The molecule has 0 aromatic heterocycles. The first kappa shape index (κ1) is 10.7. The maximum absolute atomic E-state index is 5.38. The third kappa shape index (κ3) is 2.08. The van der Waals surface area contributed by atoms with Crippen molar-refractivity contribution in [3.63, 3.8) is 0 Å². The highest BCUT2D eigenvalue weighted by atomic mass is 16.5. The van der Waals surface area contributed by atoms with Crippen molar-refractivity contribution in [1.82, 2.24) is 0 Å². The van der Waals surface area contributed by atoms with E-state index in [-0.39, 0.29) is 0 Å². The molecule has 0 saturated heterocycles. The van der Waals surface area contributed by atoms with Crippen LogP contribution in [0.15, 0.2) is 71.1 Å². The molecular formula is C15H16O. The lowest BCUT2D eigenvalue weighted by molar-refractivity contribution is 0.304. The zero-order chi connectivity index (χ0) is 11.5. The zero-order valence-corrected chi connectivity index (χ0v) is 9.79. The summed E-state index contributed by atoms with van der Waals surface area (Å²) in [5.74, 6) is 0.887. The summed E-state index contributed by atoms with van der Waals surface area (Å²) >= 11 is 0. The van der Waals surface area contributed by atoms with E-state index in [0.717, 1.165) is 17.8 Å². The fraction of sp³-hybridized carbons (Fsp3) is 0.200. The summed E-state index contributed by atoms with van der Waals surface area (Å²) in [6.45, 7) is 5.94. The highest BCUT2D eigenvalue weighted by molar-refractivity contribution is 5.52. The molecule has 0 atom stereocenters. The van der Waals surface area contributed by atoms with E-state index in [0.29, 0.717) is 0 Å². The first-order valence-corrected chi connectivity index (χ1v) is 5.41. The molecule has 0 amide bonds. The first-order valence-electron chi connectivity index (χ1n) is 5.41. The molecule has 1 heteroatoms. The van der Waals surface area contributed by atoms with Gasteiger partial charge in [-0.15, -0.1) is 0 Å². The van der Waals surface area contributed by atoms with E-state index in [4.69, 9.17) is 4.74 Å². The predicted molar refractivity (Wildman–Crippen MR) is 67.9 cm³/mol. The van der Waals surface area contributed by atoms with Crippen molar-refractivity contribution in [1.29, 1.82) is 0 Å². The largest absolute Gasteiger partial charge is 0.496 e. The Hall–Kier alpha value is -1.76. The minimum absolute atomic E-state index is 0.887. The number of rotatable bonds is 2. The second kappa shape index (κ2) is 4.40. The van der Waals surface area contributed by atoms with Gasteiger partial charge in [-0.2, -0.15) is 0 Å². The zero-order valence-electron chi connectivity index (χ0n) is 9.79. The van der Waals surface area contributed by atoms with Crippen LogP contribution >= 0.6 is 0 Å². The van der Waals surface area contributed by atoms with Crippen molar-refractivity contribution < 1.29 is 4.74 Å². The second-order valence-electron chi connectivity index (χ2n) is 4.06. The van der Waals surface area contributed by atoms with Crippen LogP contribution in [0.4, 0.5) is 0 Å². The molecule has 2 aliphatic rings. The van der Waals surface area contributed by atoms with Crippen LogP contribution in [-0.4, -0.2) is 7.11 Å². The van der Waals surface area contributed by atoms with Crippen LogP contribution in [0.2, 0.25) is 0 Å². The van der Waals surface area contributed by atoms with Crippen molar-refractivity contribution in [2.45, 2.75) is 13.3 Å². The van der Waals surface area contributed by atoms with Crippen LogP contribution in [0.3, 0.4) is 0 Å². The summed E-state index contributed by atoms with van der Waals surface area (Å²) in [6, 6.07) is 0. The molecule has 2 aliphatic carbocycles. The normalized spacial score (nSPS) is 19.2. The Morgan fingerprint density at radius 1 is 1.19 bits per heavy atom. The van der Waals surface area contributed by atoms with Crippen molar-refractivity contribution in [3.05, 3.63) is 71.1 Å². The van der Waals surface area contributed by atoms with Crippen LogP contribution in [0.5, 0.6) is 0 Å². The molecule has 0 aliphatic heterocycles. The molecule has 2 bridgehead atoms. The van der Waals surface area contributed by atoms with Gasteiger partial charge >= 0.3 is 0 Å². The van der Waals surface area contributed by atoms with Crippen LogP contribution in [0.25, 0.3) is 0 Å². The monoisotopic (exact) mass is 212 g/mol. The quantitative estimate of drug-likeness (QED) is 0.675. The van der Waals surface area contributed by atoms with Gasteiger partial charge in [0.05, 0.1) is 7.11 Å². The van der Waals surface area contributed by atoms with E-state index in [2.05, 4.69) is 43.9 Å². The number of fused-ring (bicyclic) bond motifs is 2. The SMILES string of the molecule is C=CC1=C(OC)C=C2C=CC(C)=CC(=C1)C2. The van der Waals surface area contributed by atoms with Gasteiger partial charge in [0.1, 0.15) is 5.76 Å². The van der Waals surface area contributed by atoms with Gasteiger partial charge in [-0.05, 0) is 36.6 Å². The molecule has 16 heavy (non-hydrogen) atoms. The molecule has 0 heterocycles. The molecule has 0 saturated carbocycles. The van der Waals surface area contributed by atoms with Crippen LogP contribution in [0, 0.1) is 0 Å². The average Bonchev–Trinajstić information content (AvgIpc) is 2.55. The third-order valence-corrected chi connectivity index (χ3v) is 2.76. The van der Waals surface area contributed by atoms with Gasteiger partial charge in [0, 0.05) is 5.57 Å². The Morgan fingerprint density at radius 3 is 2.69 bits per heavy atom. The topological polar surface area (TPSA) is 9.23 Å². The Labute approximate surface area is 96.8 Å². The lowest BCUT2D eigenvalue weighted by atomic mass is 10.1. The highest BCUT2D eigenvalue weighted by Crippen LogP contribution is 2.28. The van der Waals surface area contributed by atoms with Crippen LogP contribution in [0.1, 0.15) is 13.3 Å².